The number of amides is 1. The first-order valence-electron chi connectivity index (χ1n) is 12.5. The van der Waals surface area contributed by atoms with Gasteiger partial charge < -0.3 is 24.6 Å². The Morgan fingerprint density at radius 2 is 2.03 bits per heavy atom. The van der Waals surface area contributed by atoms with E-state index in [9.17, 15) is 9.90 Å². The molecule has 0 aliphatic carbocycles. The molecular weight excluding hydrogens is 410 g/mol. The lowest BCUT2D eigenvalue weighted by atomic mass is 9.93. The van der Waals surface area contributed by atoms with Crippen LogP contribution in [0.5, 0.6) is 0 Å². The Bertz CT molecular complexity index is 617. The number of fused-ring (bicyclic) bond motifs is 2. The smallest absolute Gasteiger partial charge is 0.411 e. The van der Waals surface area contributed by atoms with Crippen LogP contribution in [0, 0.1) is 0 Å². The summed E-state index contributed by atoms with van der Waals surface area (Å²) < 4.78 is 17.9. The fraction of sp³-hybridized carbons (Fsp3) is 0.958. The van der Waals surface area contributed by atoms with E-state index in [1.165, 1.54) is 0 Å². The molecular formula is C24H45N3O5. The summed E-state index contributed by atoms with van der Waals surface area (Å²) in [7, 11) is 0. The van der Waals surface area contributed by atoms with Gasteiger partial charge in [0.25, 0.3) is 0 Å². The highest BCUT2D eigenvalue weighted by atomic mass is 16.6. The SMILES string of the molecule is CCN1CC(OCCCOCC23CCC(CNC2)N3C(=O)OC(C)(C)C)CC1(CC)CO. The number of carbonyl (C=O) groups is 1. The number of aliphatic hydroxyl groups excluding tert-OH is 1. The summed E-state index contributed by atoms with van der Waals surface area (Å²) in [6, 6.07) is 0.180. The lowest BCUT2D eigenvalue weighted by molar-refractivity contribution is -0.0415. The average Bonchev–Trinajstić information content (AvgIpc) is 3.21. The number of nitrogens with one attached hydrogen (secondary N) is 1. The van der Waals surface area contributed by atoms with Crippen molar-refractivity contribution in [3.8, 4) is 0 Å². The van der Waals surface area contributed by atoms with Crippen LogP contribution in [-0.4, -0.2) is 102 Å². The zero-order chi connectivity index (χ0) is 23.4. The summed E-state index contributed by atoms with van der Waals surface area (Å²) >= 11 is 0. The number of nitrogens with zero attached hydrogens (tertiary/aromatic N) is 2. The van der Waals surface area contributed by atoms with Gasteiger partial charge in [0.1, 0.15) is 5.60 Å². The zero-order valence-electron chi connectivity index (χ0n) is 20.8. The van der Waals surface area contributed by atoms with Crippen LogP contribution in [0.15, 0.2) is 0 Å². The highest BCUT2D eigenvalue weighted by Gasteiger charge is 2.52. The highest BCUT2D eigenvalue weighted by molar-refractivity contribution is 5.70. The molecule has 4 atom stereocenters. The molecule has 4 unspecified atom stereocenters. The molecule has 3 fully saturated rings. The Morgan fingerprint density at radius 1 is 1.25 bits per heavy atom. The summed E-state index contributed by atoms with van der Waals surface area (Å²) in [5.74, 6) is 0. The van der Waals surface area contributed by atoms with Crippen molar-refractivity contribution in [1.29, 1.82) is 0 Å². The molecule has 32 heavy (non-hydrogen) atoms. The minimum Gasteiger partial charge on any atom is -0.444 e. The number of ether oxygens (including phenoxy) is 3. The predicted octanol–water partition coefficient (Wildman–Crippen LogP) is 2.39. The van der Waals surface area contributed by atoms with Crippen LogP contribution in [0.2, 0.25) is 0 Å². The summed E-state index contributed by atoms with van der Waals surface area (Å²) in [5, 5.41) is 13.4. The van der Waals surface area contributed by atoms with Crippen molar-refractivity contribution in [3.05, 3.63) is 0 Å². The van der Waals surface area contributed by atoms with Gasteiger partial charge in [-0.25, -0.2) is 4.79 Å². The molecule has 0 spiro atoms. The van der Waals surface area contributed by atoms with Gasteiger partial charge in [0.15, 0.2) is 0 Å². The zero-order valence-corrected chi connectivity index (χ0v) is 20.8. The molecule has 8 heteroatoms. The third kappa shape index (κ3) is 5.58. The fourth-order valence-corrected chi connectivity index (χ4v) is 5.71. The molecule has 2 bridgehead atoms. The van der Waals surface area contributed by atoms with Crippen LogP contribution >= 0.6 is 0 Å². The topological polar surface area (TPSA) is 83.5 Å². The van der Waals surface area contributed by atoms with E-state index >= 15 is 0 Å². The molecule has 0 aromatic rings. The third-order valence-corrected chi connectivity index (χ3v) is 7.44. The summed E-state index contributed by atoms with van der Waals surface area (Å²) in [5.41, 5.74) is -0.950. The minimum atomic E-state index is -0.500. The van der Waals surface area contributed by atoms with E-state index in [0.29, 0.717) is 19.8 Å². The molecule has 186 valence electrons. The normalized spacial score (nSPS) is 33.1. The Kier molecular flexibility index (Phi) is 8.47. The second-order valence-corrected chi connectivity index (χ2v) is 10.8. The fourth-order valence-electron chi connectivity index (χ4n) is 5.71. The standard InChI is InChI=1S/C24H45N3O5/c1-6-23(17-28)13-20(15-26(23)7-2)31-12-8-11-30-18-24-10-9-19(14-25-16-24)27(24)21(29)32-22(3,4)5/h19-20,25,28H,6-18H2,1-5H3. The van der Waals surface area contributed by atoms with E-state index in [1.807, 2.05) is 25.7 Å². The quantitative estimate of drug-likeness (QED) is 0.489. The Hall–Kier alpha value is -0.930. The molecule has 8 nitrogen and oxygen atoms in total. The van der Waals surface area contributed by atoms with Gasteiger partial charge in [-0.1, -0.05) is 13.8 Å². The van der Waals surface area contributed by atoms with Crippen LogP contribution in [0.25, 0.3) is 0 Å². The molecule has 2 N–H and O–H groups in total. The molecule has 3 heterocycles. The first kappa shape index (κ1) is 25.7. The molecule has 0 saturated carbocycles. The Labute approximate surface area is 193 Å². The van der Waals surface area contributed by atoms with Crippen molar-refractivity contribution in [3.63, 3.8) is 0 Å². The van der Waals surface area contributed by atoms with Crippen LogP contribution in [0.4, 0.5) is 4.79 Å². The van der Waals surface area contributed by atoms with Gasteiger partial charge in [-0.2, -0.15) is 0 Å². The van der Waals surface area contributed by atoms with Crippen LogP contribution in [0.3, 0.4) is 0 Å². The van der Waals surface area contributed by atoms with Gasteiger partial charge in [0.2, 0.25) is 0 Å². The van der Waals surface area contributed by atoms with Gasteiger partial charge in [0, 0.05) is 44.4 Å². The van der Waals surface area contributed by atoms with E-state index < -0.39 is 5.60 Å². The number of hydrogen-bond acceptors (Lipinski definition) is 7. The van der Waals surface area contributed by atoms with Crippen molar-refractivity contribution in [1.82, 2.24) is 15.1 Å². The van der Waals surface area contributed by atoms with Crippen molar-refractivity contribution in [2.45, 2.75) is 95.5 Å². The van der Waals surface area contributed by atoms with E-state index in [1.54, 1.807) is 0 Å². The first-order chi connectivity index (χ1) is 15.2. The van der Waals surface area contributed by atoms with Crippen molar-refractivity contribution in [2.24, 2.45) is 0 Å². The maximum absolute atomic E-state index is 12.9. The summed E-state index contributed by atoms with van der Waals surface area (Å²) in [6.45, 7) is 15.4. The number of piperazine rings is 1. The molecule has 3 aliphatic rings. The molecule has 0 radical (unpaired) electrons. The molecule has 3 saturated heterocycles. The number of likely N-dealkylation sites (N-methyl/N-ethyl adjacent to an activating group) is 1. The summed E-state index contributed by atoms with van der Waals surface area (Å²) in [4.78, 5) is 17.2. The second kappa shape index (κ2) is 10.6. The highest BCUT2D eigenvalue weighted by Crippen LogP contribution is 2.38. The van der Waals surface area contributed by atoms with Gasteiger partial charge in [-0.3, -0.25) is 9.80 Å². The number of likely N-dealkylation sites (tertiary alicyclic amines) is 1. The largest absolute Gasteiger partial charge is 0.444 e. The molecule has 3 rings (SSSR count). The monoisotopic (exact) mass is 455 g/mol. The van der Waals surface area contributed by atoms with Gasteiger partial charge in [-0.15, -0.1) is 0 Å². The molecule has 0 aromatic carbocycles. The van der Waals surface area contributed by atoms with Gasteiger partial charge in [-0.05, 0) is 59.4 Å². The van der Waals surface area contributed by atoms with E-state index in [2.05, 4.69) is 24.1 Å². The number of rotatable bonds is 10. The van der Waals surface area contributed by atoms with Crippen LogP contribution in [0.1, 0.15) is 66.7 Å². The van der Waals surface area contributed by atoms with Gasteiger partial charge >= 0.3 is 6.09 Å². The van der Waals surface area contributed by atoms with E-state index in [-0.39, 0.29) is 35.9 Å². The average molecular weight is 456 g/mol. The number of hydrogen-bond donors (Lipinski definition) is 2. The Balaban J connectivity index is 1.42. The maximum atomic E-state index is 12.9. The van der Waals surface area contributed by atoms with Crippen LogP contribution in [-0.2, 0) is 14.2 Å². The second-order valence-electron chi connectivity index (χ2n) is 10.8. The van der Waals surface area contributed by atoms with Crippen molar-refractivity contribution >= 4 is 6.09 Å². The molecule has 0 aromatic heterocycles. The molecule has 3 aliphatic heterocycles. The van der Waals surface area contributed by atoms with Crippen molar-refractivity contribution in [2.75, 3.05) is 52.6 Å². The molecule has 1 amide bonds. The number of carbonyl (C=O) groups excluding carboxylic acids is 1. The van der Waals surface area contributed by atoms with E-state index in [0.717, 1.165) is 58.3 Å². The lowest BCUT2D eigenvalue weighted by Gasteiger charge is -2.45. The predicted molar refractivity (Wildman–Crippen MR) is 124 cm³/mol. The number of aliphatic hydroxyl groups is 1. The van der Waals surface area contributed by atoms with Crippen LogP contribution < -0.4 is 5.32 Å². The van der Waals surface area contributed by atoms with Crippen molar-refractivity contribution < 1.29 is 24.1 Å². The van der Waals surface area contributed by atoms with E-state index in [4.69, 9.17) is 14.2 Å². The minimum absolute atomic E-state index is 0.132. The Morgan fingerprint density at radius 3 is 2.66 bits per heavy atom. The summed E-state index contributed by atoms with van der Waals surface area (Å²) in [6.07, 6.45) is 4.51. The first-order valence-corrected chi connectivity index (χ1v) is 12.5. The lowest BCUT2D eigenvalue weighted by Crippen LogP contribution is -2.64. The van der Waals surface area contributed by atoms with Gasteiger partial charge in [0.05, 0.1) is 24.9 Å². The third-order valence-electron chi connectivity index (χ3n) is 7.44. The maximum Gasteiger partial charge on any atom is 0.411 e.